The largest absolute Gasteiger partial charge is 0.367 e. The van der Waals surface area contributed by atoms with E-state index in [-0.39, 0.29) is 18.1 Å². The Morgan fingerprint density at radius 1 is 1.33 bits per heavy atom. The number of hydrogen-bond acceptors (Lipinski definition) is 4. The number of aromatic nitrogens is 1. The topological polar surface area (TPSA) is 42.4 Å². The van der Waals surface area contributed by atoms with Gasteiger partial charge in [-0.3, -0.25) is 4.79 Å². The molecule has 0 bridgehead atoms. The molecule has 21 heavy (non-hydrogen) atoms. The van der Waals surface area contributed by atoms with Gasteiger partial charge in [0.2, 0.25) is 0 Å². The van der Waals surface area contributed by atoms with Crippen molar-refractivity contribution in [3.63, 3.8) is 0 Å². The van der Waals surface area contributed by atoms with E-state index in [1.54, 1.807) is 5.51 Å². The molecule has 0 saturated carbocycles. The van der Waals surface area contributed by atoms with Gasteiger partial charge in [-0.2, -0.15) is 0 Å². The first-order valence-electron chi connectivity index (χ1n) is 7.05. The van der Waals surface area contributed by atoms with Crippen LogP contribution in [0.25, 0.3) is 0 Å². The number of rotatable bonds is 2. The normalized spacial score (nSPS) is 22.3. The molecule has 0 N–H and O–H groups in total. The summed E-state index contributed by atoms with van der Waals surface area (Å²) in [5.41, 5.74) is 3.64. The van der Waals surface area contributed by atoms with E-state index in [1.807, 2.05) is 49.1 Å². The van der Waals surface area contributed by atoms with Crippen LogP contribution in [0.4, 0.5) is 0 Å². The quantitative estimate of drug-likeness (QED) is 0.856. The maximum Gasteiger partial charge on any atom is 0.266 e. The van der Waals surface area contributed by atoms with Crippen molar-refractivity contribution < 1.29 is 9.53 Å². The summed E-state index contributed by atoms with van der Waals surface area (Å²) in [4.78, 5) is 19.4. The van der Waals surface area contributed by atoms with E-state index in [1.165, 1.54) is 11.3 Å². The first-order valence-corrected chi connectivity index (χ1v) is 7.93. The number of thiazole rings is 1. The lowest BCUT2D eigenvalue weighted by atomic mass is 10.1. The summed E-state index contributed by atoms with van der Waals surface area (Å²) < 4.78 is 5.99. The summed E-state index contributed by atoms with van der Waals surface area (Å²) in [5, 5.41) is 0. The number of amides is 1. The van der Waals surface area contributed by atoms with Crippen LogP contribution >= 0.6 is 11.3 Å². The second-order valence-corrected chi connectivity index (χ2v) is 6.18. The van der Waals surface area contributed by atoms with Crippen molar-refractivity contribution in [2.24, 2.45) is 0 Å². The molecule has 1 aliphatic rings. The molecule has 3 rings (SSSR count). The van der Waals surface area contributed by atoms with Gasteiger partial charge in [-0.05, 0) is 19.4 Å². The molecule has 0 spiro atoms. The van der Waals surface area contributed by atoms with E-state index in [9.17, 15) is 4.79 Å². The minimum absolute atomic E-state index is 0.0288. The summed E-state index contributed by atoms with van der Waals surface area (Å²) in [6.07, 6.45) is -0.0340. The lowest BCUT2D eigenvalue weighted by Crippen LogP contribution is -2.45. The molecular formula is C16H18N2O2S. The number of hydrogen-bond donors (Lipinski definition) is 0. The van der Waals surface area contributed by atoms with Crippen LogP contribution in [-0.4, -0.2) is 35.0 Å². The second kappa shape index (κ2) is 5.95. The minimum atomic E-state index is -0.0628. The molecule has 110 valence electrons. The maximum atomic E-state index is 12.6. The average Bonchev–Trinajstić information content (AvgIpc) is 2.93. The molecule has 0 aliphatic carbocycles. The van der Waals surface area contributed by atoms with Crippen LogP contribution in [0.5, 0.6) is 0 Å². The highest BCUT2D eigenvalue weighted by Crippen LogP contribution is 2.27. The van der Waals surface area contributed by atoms with Gasteiger partial charge in [-0.15, -0.1) is 11.3 Å². The molecule has 2 aromatic rings. The maximum absolute atomic E-state index is 12.6. The molecular weight excluding hydrogens is 284 g/mol. The zero-order valence-corrected chi connectivity index (χ0v) is 13.0. The Bertz CT molecular complexity index is 626. The van der Waals surface area contributed by atoms with Crippen molar-refractivity contribution in [3.05, 3.63) is 52.0 Å². The third-order valence-electron chi connectivity index (χ3n) is 3.66. The zero-order valence-electron chi connectivity index (χ0n) is 12.2. The van der Waals surface area contributed by atoms with Crippen molar-refractivity contribution >= 4 is 17.2 Å². The third-order valence-corrected chi connectivity index (χ3v) is 4.58. The SMILES string of the molecule is Cc1ncsc1C(=O)N1C[C@H](C)O[C@@H](c2ccccc2)C1. The van der Waals surface area contributed by atoms with Crippen LogP contribution in [-0.2, 0) is 4.74 Å². The van der Waals surface area contributed by atoms with Crippen molar-refractivity contribution in [2.75, 3.05) is 13.1 Å². The highest BCUT2D eigenvalue weighted by Gasteiger charge is 2.31. The molecule has 5 heteroatoms. The van der Waals surface area contributed by atoms with Crippen LogP contribution in [0.2, 0.25) is 0 Å². The van der Waals surface area contributed by atoms with E-state index in [2.05, 4.69) is 4.98 Å². The van der Waals surface area contributed by atoms with Crippen molar-refractivity contribution in [3.8, 4) is 0 Å². The number of morpholine rings is 1. The Kier molecular flexibility index (Phi) is 4.03. The number of ether oxygens (including phenoxy) is 1. The summed E-state index contributed by atoms with van der Waals surface area (Å²) in [6.45, 7) is 5.10. The Hall–Kier alpha value is -1.72. The van der Waals surface area contributed by atoms with Gasteiger partial charge in [0.05, 0.1) is 23.9 Å². The van der Waals surface area contributed by atoms with Gasteiger partial charge in [0.1, 0.15) is 11.0 Å². The van der Waals surface area contributed by atoms with E-state index >= 15 is 0 Å². The Morgan fingerprint density at radius 3 is 2.76 bits per heavy atom. The van der Waals surface area contributed by atoms with Crippen LogP contribution in [0.3, 0.4) is 0 Å². The fourth-order valence-electron chi connectivity index (χ4n) is 2.62. The van der Waals surface area contributed by atoms with E-state index in [0.717, 1.165) is 16.1 Å². The van der Waals surface area contributed by atoms with Crippen molar-refractivity contribution in [1.82, 2.24) is 9.88 Å². The summed E-state index contributed by atoms with van der Waals surface area (Å²) >= 11 is 1.41. The fourth-order valence-corrected chi connectivity index (χ4v) is 3.39. The highest BCUT2D eigenvalue weighted by atomic mass is 32.1. The Balaban J connectivity index is 1.80. The van der Waals surface area contributed by atoms with E-state index in [0.29, 0.717) is 13.1 Å². The van der Waals surface area contributed by atoms with Gasteiger partial charge in [-0.1, -0.05) is 30.3 Å². The first kappa shape index (κ1) is 14.2. The van der Waals surface area contributed by atoms with Gasteiger partial charge in [0, 0.05) is 6.54 Å². The van der Waals surface area contributed by atoms with Gasteiger partial charge in [-0.25, -0.2) is 4.98 Å². The number of carbonyl (C=O) groups excluding carboxylic acids is 1. The average molecular weight is 302 g/mol. The van der Waals surface area contributed by atoms with Crippen molar-refractivity contribution in [2.45, 2.75) is 26.1 Å². The molecule has 1 aliphatic heterocycles. The van der Waals surface area contributed by atoms with Crippen LogP contribution < -0.4 is 0 Å². The second-order valence-electron chi connectivity index (χ2n) is 5.32. The number of aryl methyl sites for hydroxylation is 1. The monoisotopic (exact) mass is 302 g/mol. The molecule has 1 aromatic heterocycles. The van der Waals surface area contributed by atoms with Crippen LogP contribution in [0.1, 0.15) is 34.0 Å². The standard InChI is InChI=1S/C16H18N2O2S/c1-11-8-18(16(19)15-12(2)17-10-21-15)9-14(20-11)13-6-4-3-5-7-13/h3-7,10-11,14H,8-9H2,1-2H3/t11-,14+/m0/s1. The molecule has 1 aromatic carbocycles. The lowest BCUT2D eigenvalue weighted by Gasteiger charge is -2.37. The van der Waals surface area contributed by atoms with Gasteiger partial charge >= 0.3 is 0 Å². The predicted molar refractivity (Wildman–Crippen MR) is 82.5 cm³/mol. The Labute approximate surface area is 128 Å². The van der Waals surface area contributed by atoms with Crippen molar-refractivity contribution in [1.29, 1.82) is 0 Å². The highest BCUT2D eigenvalue weighted by molar-refractivity contribution is 7.11. The molecule has 2 heterocycles. The molecule has 0 radical (unpaired) electrons. The molecule has 2 atom stereocenters. The fraction of sp³-hybridized carbons (Fsp3) is 0.375. The predicted octanol–water partition coefficient (Wildman–Crippen LogP) is 3.05. The van der Waals surface area contributed by atoms with Crippen LogP contribution in [0, 0.1) is 6.92 Å². The number of benzene rings is 1. The molecule has 0 unspecified atom stereocenters. The first-order chi connectivity index (χ1) is 10.1. The number of nitrogens with zero attached hydrogens (tertiary/aromatic N) is 2. The minimum Gasteiger partial charge on any atom is -0.367 e. The van der Waals surface area contributed by atoms with E-state index in [4.69, 9.17) is 4.74 Å². The molecule has 4 nitrogen and oxygen atoms in total. The molecule has 1 amide bonds. The zero-order chi connectivity index (χ0) is 14.8. The van der Waals surface area contributed by atoms with Gasteiger partial charge in [0.25, 0.3) is 5.91 Å². The molecule has 1 fully saturated rings. The summed E-state index contributed by atoms with van der Waals surface area (Å²) in [6, 6.07) is 10.1. The lowest BCUT2D eigenvalue weighted by molar-refractivity contribution is -0.0690. The molecule has 1 saturated heterocycles. The van der Waals surface area contributed by atoms with Crippen LogP contribution in [0.15, 0.2) is 35.8 Å². The third kappa shape index (κ3) is 2.99. The van der Waals surface area contributed by atoms with Gasteiger partial charge in [0.15, 0.2) is 0 Å². The smallest absolute Gasteiger partial charge is 0.266 e. The van der Waals surface area contributed by atoms with E-state index < -0.39 is 0 Å². The number of carbonyl (C=O) groups is 1. The Morgan fingerprint density at radius 2 is 2.10 bits per heavy atom. The summed E-state index contributed by atoms with van der Waals surface area (Å²) in [5.74, 6) is 0.0612. The summed E-state index contributed by atoms with van der Waals surface area (Å²) in [7, 11) is 0. The van der Waals surface area contributed by atoms with Gasteiger partial charge < -0.3 is 9.64 Å².